The second-order valence-electron chi connectivity index (χ2n) is 13.4. The summed E-state index contributed by atoms with van der Waals surface area (Å²) in [4.78, 5) is 59.7. The number of aliphatic hydroxyl groups excluding tert-OH is 1. The first-order valence-corrected chi connectivity index (χ1v) is 17.5. The largest absolute Gasteiger partial charge is 0.455 e. The number of carbonyl (C=O) groups is 4. The minimum atomic E-state index is -1.32. The quantitative estimate of drug-likeness (QED) is 0.165. The fourth-order valence-corrected chi connectivity index (χ4v) is 8.01. The predicted octanol–water partition coefficient (Wildman–Crippen LogP) is 4.68. The molecule has 3 aliphatic rings. The maximum absolute atomic E-state index is 14.9. The van der Waals surface area contributed by atoms with E-state index in [0.717, 1.165) is 5.56 Å². The number of nitrogens with zero attached hydrogens (tertiary/aromatic N) is 2. The second kappa shape index (κ2) is 15.9. The van der Waals surface area contributed by atoms with Gasteiger partial charge in [0.05, 0.1) is 37.1 Å². The molecule has 3 aliphatic heterocycles. The first-order chi connectivity index (χ1) is 24.8. The maximum atomic E-state index is 14.9. The normalized spacial score (nSPS) is 24.3. The SMILES string of the molecule is C=CCCC(=O)NC[C@H](OC(=O)[C@@H]1[C@H]2C(=O)N([C@H](CO)c3ccccc3)[C@H](C(=O)N(CC=C)Cc3ccccc3)[C@]23CC[C@H]1O3)c1ccccc1. The average Bonchev–Trinajstić information content (AvgIpc) is 3.81. The lowest BCUT2D eigenvalue weighted by Gasteiger charge is -2.39. The van der Waals surface area contributed by atoms with Crippen LogP contribution in [0.5, 0.6) is 0 Å². The number of hydrogen-bond donors (Lipinski definition) is 2. The Hall–Kier alpha value is -5.06. The van der Waals surface area contributed by atoms with Crippen LogP contribution in [0, 0.1) is 11.8 Å². The molecule has 1 spiro atoms. The van der Waals surface area contributed by atoms with Gasteiger partial charge in [0.1, 0.15) is 17.7 Å². The van der Waals surface area contributed by atoms with Gasteiger partial charge in [0, 0.05) is 19.5 Å². The van der Waals surface area contributed by atoms with E-state index in [1.807, 2.05) is 91.0 Å². The molecule has 3 heterocycles. The van der Waals surface area contributed by atoms with Crippen molar-refractivity contribution in [3.8, 4) is 0 Å². The van der Waals surface area contributed by atoms with Crippen molar-refractivity contribution in [3.63, 3.8) is 0 Å². The standard InChI is InChI=1S/C41H45N3O7/c1-3-5-21-34(46)42-25-33(30-19-13-8-14-20-30)50-40(49)35-32-22-23-41(51-32)36(35)38(47)44(31(27-45)29-17-11-7-12-18-29)37(41)39(48)43(24-4-2)26-28-15-9-6-10-16-28/h3-4,6-20,31-33,35-37,45H,1-2,5,21-27H2,(H,42,46)/t31-,32-,33+,35+,36+,37-,41+/m1/s1. The molecule has 3 aromatic carbocycles. The van der Waals surface area contributed by atoms with Crippen molar-refractivity contribution in [1.29, 1.82) is 0 Å². The number of amides is 3. The van der Waals surface area contributed by atoms with E-state index in [1.54, 1.807) is 17.1 Å². The lowest BCUT2D eigenvalue weighted by atomic mass is 9.70. The van der Waals surface area contributed by atoms with E-state index in [9.17, 15) is 24.3 Å². The summed E-state index contributed by atoms with van der Waals surface area (Å²) < 4.78 is 12.9. The molecule has 0 saturated carbocycles. The number of fused-ring (bicyclic) bond motifs is 1. The van der Waals surface area contributed by atoms with Crippen LogP contribution in [0.25, 0.3) is 0 Å². The first kappa shape index (κ1) is 35.8. The van der Waals surface area contributed by atoms with E-state index in [1.165, 1.54) is 4.90 Å². The van der Waals surface area contributed by atoms with Crippen LogP contribution >= 0.6 is 0 Å². The van der Waals surface area contributed by atoms with Crippen LogP contribution in [0.15, 0.2) is 116 Å². The van der Waals surface area contributed by atoms with E-state index in [2.05, 4.69) is 18.5 Å². The summed E-state index contributed by atoms with van der Waals surface area (Å²) >= 11 is 0. The zero-order valence-electron chi connectivity index (χ0n) is 28.6. The molecule has 266 valence electrons. The summed E-state index contributed by atoms with van der Waals surface area (Å²) in [6.07, 6.45) is 3.43. The average molecular weight is 692 g/mol. The summed E-state index contributed by atoms with van der Waals surface area (Å²) in [5.74, 6) is -3.62. The topological polar surface area (TPSA) is 125 Å². The van der Waals surface area contributed by atoms with Crippen LogP contribution in [-0.4, -0.2) is 76.0 Å². The van der Waals surface area contributed by atoms with E-state index >= 15 is 0 Å². The van der Waals surface area contributed by atoms with Gasteiger partial charge >= 0.3 is 5.97 Å². The molecule has 51 heavy (non-hydrogen) atoms. The molecule has 3 aromatic rings. The van der Waals surface area contributed by atoms with Crippen molar-refractivity contribution in [3.05, 3.63) is 133 Å². The number of carbonyl (C=O) groups excluding carboxylic acids is 4. The number of nitrogens with one attached hydrogen (secondary N) is 1. The fourth-order valence-electron chi connectivity index (χ4n) is 8.01. The van der Waals surface area contributed by atoms with Gasteiger partial charge in [0.15, 0.2) is 0 Å². The number of rotatable bonds is 16. The monoisotopic (exact) mass is 691 g/mol. The Bertz CT molecular complexity index is 1720. The van der Waals surface area contributed by atoms with E-state index < -0.39 is 60.2 Å². The molecule has 3 fully saturated rings. The van der Waals surface area contributed by atoms with Gasteiger partial charge in [-0.1, -0.05) is 103 Å². The molecule has 3 amide bonds. The van der Waals surface area contributed by atoms with E-state index in [0.29, 0.717) is 30.4 Å². The maximum Gasteiger partial charge on any atom is 0.313 e. The highest BCUT2D eigenvalue weighted by Crippen LogP contribution is 2.60. The summed E-state index contributed by atoms with van der Waals surface area (Å²) in [7, 11) is 0. The van der Waals surface area contributed by atoms with Crippen molar-refractivity contribution >= 4 is 23.7 Å². The minimum Gasteiger partial charge on any atom is -0.455 e. The minimum absolute atomic E-state index is 0.0392. The summed E-state index contributed by atoms with van der Waals surface area (Å²) in [5.41, 5.74) is 0.931. The summed E-state index contributed by atoms with van der Waals surface area (Å²) in [6.45, 7) is 7.64. The Morgan fingerprint density at radius 2 is 1.63 bits per heavy atom. The summed E-state index contributed by atoms with van der Waals surface area (Å²) in [5, 5.41) is 13.7. The molecular formula is C41H45N3O7. The molecule has 0 aromatic heterocycles. The Kier molecular flexibility index (Phi) is 11.1. The van der Waals surface area contributed by atoms with Gasteiger partial charge < -0.3 is 29.7 Å². The molecule has 10 heteroatoms. The highest BCUT2D eigenvalue weighted by Gasteiger charge is 2.75. The van der Waals surface area contributed by atoms with Crippen LogP contribution < -0.4 is 5.32 Å². The number of hydrogen-bond acceptors (Lipinski definition) is 7. The van der Waals surface area contributed by atoms with Crippen molar-refractivity contribution in [2.45, 2.75) is 62.1 Å². The van der Waals surface area contributed by atoms with Crippen LogP contribution in [0.2, 0.25) is 0 Å². The Morgan fingerprint density at radius 1 is 0.980 bits per heavy atom. The van der Waals surface area contributed by atoms with Crippen LogP contribution in [0.4, 0.5) is 0 Å². The van der Waals surface area contributed by atoms with E-state index in [4.69, 9.17) is 9.47 Å². The van der Waals surface area contributed by atoms with Gasteiger partial charge in [0.2, 0.25) is 17.7 Å². The molecule has 2 bridgehead atoms. The number of benzene rings is 3. The third kappa shape index (κ3) is 7.11. The number of allylic oxidation sites excluding steroid dienone is 1. The molecule has 0 unspecified atom stereocenters. The first-order valence-electron chi connectivity index (χ1n) is 17.5. The van der Waals surface area contributed by atoms with Crippen LogP contribution in [0.1, 0.15) is 54.5 Å². The van der Waals surface area contributed by atoms with Gasteiger partial charge in [-0.2, -0.15) is 0 Å². The van der Waals surface area contributed by atoms with Gasteiger partial charge in [0.25, 0.3) is 0 Å². The molecule has 3 saturated heterocycles. The number of ether oxygens (including phenoxy) is 2. The van der Waals surface area contributed by atoms with Crippen LogP contribution in [0.3, 0.4) is 0 Å². The molecule has 0 aliphatic carbocycles. The Morgan fingerprint density at radius 3 is 2.25 bits per heavy atom. The van der Waals surface area contributed by atoms with Gasteiger partial charge in [-0.25, -0.2) is 0 Å². The lowest BCUT2D eigenvalue weighted by molar-refractivity contribution is -0.161. The molecule has 6 rings (SSSR count). The van der Waals surface area contributed by atoms with Crippen LogP contribution in [-0.2, 0) is 35.2 Å². The summed E-state index contributed by atoms with van der Waals surface area (Å²) in [6, 6.07) is 25.8. The van der Waals surface area contributed by atoms with Gasteiger partial charge in [-0.3, -0.25) is 19.2 Å². The number of esters is 1. The zero-order valence-corrected chi connectivity index (χ0v) is 28.6. The fraction of sp³-hybridized carbons (Fsp3) is 0.366. The smallest absolute Gasteiger partial charge is 0.313 e. The van der Waals surface area contributed by atoms with Crippen molar-refractivity contribution in [2.75, 3.05) is 19.7 Å². The Balaban J connectivity index is 1.35. The molecular weight excluding hydrogens is 646 g/mol. The number of likely N-dealkylation sites (tertiary alicyclic amines) is 1. The molecule has 7 atom stereocenters. The van der Waals surface area contributed by atoms with Gasteiger partial charge in [-0.15, -0.1) is 13.2 Å². The highest BCUT2D eigenvalue weighted by atomic mass is 16.6. The number of aliphatic hydroxyl groups is 1. The zero-order chi connectivity index (χ0) is 36.0. The van der Waals surface area contributed by atoms with E-state index in [-0.39, 0.29) is 37.9 Å². The molecule has 2 N–H and O–H groups in total. The van der Waals surface area contributed by atoms with Crippen molar-refractivity contribution < 1.29 is 33.8 Å². The Labute approximate surface area is 298 Å². The predicted molar refractivity (Wildman–Crippen MR) is 190 cm³/mol. The lowest BCUT2D eigenvalue weighted by Crippen LogP contribution is -2.57. The van der Waals surface area contributed by atoms with Crippen molar-refractivity contribution in [2.24, 2.45) is 11.8 Å². The van der Waals surface area contributed by atoms with Gasteiger partial charge in [-0.05, 0) is 36.0 Å². The van der Waals surface area contributed by atoms with Crippen molar-refractivity contribution in [1.82, 2.24) is 15.1 Å². The second-order valence-corrected chi connectivity index (χ2v) is 13.4. The molecule has 0 radical (unpaired) electrons. The third-order valence-electron chi connectivity index (χ3n) is 10.3. The molecule has 10 nitrogen and oxygen atoms in total. The highest BCUT2D eigenvalue weighted by molar-refractivity contribution is 5.98. The third-order valence-corrected chi connectivity index (χ3v) is 10.3.